The summed E-state index contributed by atoms with van der Waals surface area (Å²) < 4.78 is 13.6. The van der Waals surface area contributed by atoms with Crippen LogP contribution in [0.1, 0.15) is 21.6 Å². The van der Waals surface area contributed by atoms with Crippen LogP contribution in [0.4, 0.5) is 16.0 Å². The summed E-state index contributed by atoms with van der Waals surface area (Å²) in [5.74, 6) is -0.314. The molecule has 0 radical (unpaired) electrons. The number of anilines is 2. The monoisotopic (exact) mass is 384 g/mol. The van der Waals surface area contributed by atoms with Crippen LogP contribution >= 0.6 is 11.6 Å². The zero-order chi connectivity index (χ0) is 19.2. The summed E-state index contributed by atoms with van der Waals surface area (Å²) in [5, 5.41) is 6.46. The predicted molar refractivity (Wildman–Crippen MR) is 104 cm³/mol. The number of hydrogen-bond donors (Lipinski definition) is 2. The van der Waals surface area contributed by atoms with Gasteiger partial charge in [-0.3, -0.25) is 4.79 Å². The Morgan fingerprint density at radius 3 is 2.78 bits per heavy atom. The first kappa shape index (κ1) is 18.8. The summed E-state index contributed by atoms with van der Waals surface area (Å²) in [4.78, 5) is 20.7. The Bertz CT molecular complexity index is 964. The summed E-state index contributed by atoms with van der Waals surface area (Å²) in [6, 6.07) is 13.4. The van der Waals surface area contributed by atoms with E-state index in [9.17, 15) is 9.18 Å². The van der Waals surface area contributed by atoms with Crippen LogP contribution in [0.5, 0.6) is 0 Å². The summed E-state index contributed by atoms with van der Waals surface area (Å²) in [6.45, 7) is 2.22. The number of amides is 1. The van der Waals surface area contributed by atoms with E-state index in [1.54, 1.807) is 24.3 Å². The van der Waals surface area contributed by atoms with Crippen LogP contribution in [0.15, 0.2) is 54.7 Å². The van der Waals surface area contributed by atoms with Gasteiger partial charge < -0.3 is 10.6 Å². The van der Waals surface area contributed by atoms with Crippen LogP contribution in [0.25, 0.3) is 0 Å². The molecular weight excluding hydrogens is 367 g/mol. The lowest BCUT2D eigenvalue weighted by molar-refractivity contribution is 0.0949. The molecule has 2 N–H and O–H groups in total. The second-order valence-corrected chi connectivity index (χ2v) is 6.38. The van der Waals surface area contributed by atoms with Crippen molar-refractivity contribution >= 4 is 29.1 Å². The second kappa shape index (κ2) is 8.60. The first-order valence-corrected chi connectivity index (χ1v) is 8.78. The fourth-order valence-electron chi connectivity index (χ4n) is 2.54. The van der Waals surface area contributed by atoms with Crippen LogP contribution in [0.2, 0.25) is 5.02 Å². The van der Waals surface area contributed by atoms with Crippen molar-refractivity contribution in [3.63, 3.8) is 0 Å². The number of nitrogens with one attached hydrogen (secondary N) is 2. The Hall–Kier alpha value is -2.99. The fourth-order valence-corrected chi connectivity index (χ4v) is 2.76. The molecule has 1 amide bonds. The number of carbonyl (C=O) groups is 1. The average Bonchev–Trinajstić information content (AvgIpc) is 2.66. The van der Waals surface area contributed by atoms with Crippen molar-refractivity contribution in [2.45, 2.75) is 13.3 Å². The van der Waals surface area contributed by atoms with Gasteiger partial charge in [-0.1, -0.05) is 29.8 Å². The van der Waals surface area contributed by atoms with Crippen LogP contribution in [-0.4, -0.2) is 22.4 Å². The maximum absolute atomic E-state index is 13.6. The van der Waals surface area contributed by atoms with E-state index >= 15 is 0 Å². The molecule has 3 aromatic rings. The normalized spacial score (nSPS) is 10.5. The lowest BCUT2D eigenvalue weighted by atomic mass is 10.1. The van der Waals surface area contributed by atoms with E-state index < -0.39 is 0 Å². The van der Waals surface area contributed by atoms with Gasteiger partial charge in [0.15, 0.2) is 0 Å². The maximum atomic E-state index is 13.6. The second-order valence-electron chi connectivity index (χ2n) is 5.95. The predicted octanol–water partition coefficient (Wildman–Crippen LogP) is 4.29. The molecule has 2 aromatic carbocycles. The summed E-state index contributed by atoms with van der Waals surface area (Å²) >= 11 is 5.95. The first-order valence-electron chi connectivity index (χ1n) is 8.41. The lowest BCUT2D eigenvalue weighted by Gasteiger charge is -2.10. The van der Waals surface area contributed by atoms with Crippen molar-refractivity contribution in [2.24, 2.45) is 0 Å². The molecule has 7 heteroatoms. The molecule has 0 saturated carbocycles. The van der Waals surface area contributed by atoms with Crippen molar-refractivity contribution in [3.8, 4) is 0 Å². The Kier molecular flexibility index (Phi) is 5.98. The smallest absolute Gasteiger partial charge is 0.270 e. The zero-order valence-electron chi connectivity index (χ0n) is 14.7. The van der Waals surface area contributed by atoms with Gasteiger partial charge in [0.2, 0.25) is 5.95 Å². The molecule has 0 bridgehead atoms. The van der Waals surface area contributed by atoms with Crippen molar-refractivity contribution in [1.29, 1.82) is 0 Å². The number of aryl methyl sites for hydroxylation is 1. The number of carbonyl (C=O) groups excluding carboxylic acids is 1. The number of nitrogens with zero attached hydrogens (tertiary/aromatic N) is 2. The minimum absolute atomic E-state index is 0.229. The summed E-state index contributed by atoms with van der Waals surface area (Å²) in [5.41, 5.74) is 2.52. The Morgan fingerprint density at radius 1 is 1.19 bits per heavy atom. The van der Waals surface area contributed by atoms with Gasteiger partial charge in [-0.2, -0.15) is 0 Å². The molecule has 138 valence electrons. The van der Waals surface area contributed by atoms with Gasteiger partial charge in [-0.25, -0.2) is 14.4 Å². The highest BCUT2D eigenvalue weighted by Gasteiger charge is 2.10. The molecular formula is C20H18ClFN4O. The van der Waals surface area contributed by atoms with E-state index in [4.69, 9.17) is 11.6 Å². The van der Waals surface area contributed by atoms with E-state index in [1.807, 2.05) is 19.1 Å². The maximum Gasteiger partial charge on any atom is 0.270 e. The van der Waals surface area contributed by atoms with Gasteiger partial charge in [0.05, 0.1) is 0 Å². The van der Waals surface area contributed by atoms with Crippen LogP contribution < -0.4 is 10.6 Å². The van der Waals surface area contributed by atoms with E-state index in [-0.39, 0.29) is 17.4 Å². The molecule has 0 unspecified atom stereocenters. The van der Waals surface area contributed by atoms with Gasteiger partial charge in [0.1, 0.15) is 11.5 Å². The van der Waals surface area contributed by atoms with E-state index in [2.05, 4.69) is 20.6 Å². The number of hydrogen-bond acceptors (Lipinski definition) is 4. The third kappa shape index (κ3) is 5.01. The Morgan fingerprint density at radius 2 is 2.00 bits per heavy atom. The molecule has 1 aromatic heterocycles. The first-order chi connectivity index (χ1) is 13.0. The number of halogens is 2. The third-order valence-electron chi connectivity index (χ3n) is 3.96. The molecule has 3 rings (SSSR count). The molecule has 0 spiro atoms. The molecule has 0 aliphatic carbocycles. The Balaban J connectivity index is 1.62. The van der Waals surface area contributed by atoms with Crippen molar-refractivity contribution in [1.82, 2.24) is 15.3 Å². The molecule has 5 nitrogen and oxygen atoms in total. The minimum atomic E-state index is -0.343. The quantitative estimate of drug-likeness (QED) is 0.665. The molecule has 1 heterocycles. The Labute approximate surface area is 161 Å². The lowest BCUT2D eigenvalue weighted by Crippen LogP contribution is -2.27. The number of benzene rings is 2. The van der Waals surface area contributed by atoms with Gasteiger partial charge in [-0.05, 0) is 54.8 Å². The summed E-state index contributed by atoms with van der Waals surface area (Å²) in [7, 11) is 0. The zero-order valence-corrected chi connectivity index (χ0v) is 15.4. The molecule has 0 fully saturated rings. The third-order valence-corrected chi connectivity index (χ3v) is 4.20. The molecule has 0 aliphatic heterocycles. The fraction of sp³-hybridized carbons (Fsp3) is 0.150. The minimum Gasteiger partial charge on any atom is -0.350 e. The highest BCUT2D eigenvalue weighted by Crippen LogP contribution is 2.21. The highest BCUT2D eigenvalue weighted by molar-refractivity contribution is 6.30. The topological polar surface area (TPSA) is 66.9 Å². The van der Waals surface area contributed by atoms with Gasteiger partial charge in [-0.15, -0.1) is 0 Å². The van der Waals surface area contributed by atoms with Crippen molar-refractivity contribution < 1.29 is 9.18 Å². The van der Waals surface area contributed by atoms with Gasteiger partial charge in [0.25, 0.3) is 5.91 Å². The average molecular weight is 385 g/mol. The highest BCUT2D eigenvalue weighted by atomic mass is 35.5. The van der Waals surface area contributed by atoms with E-state index in [0.717, 1.165) is 11.3 Å². The summed E-state index contributed by atoms with van der Waals surface area (Å²) in [6.07, 6.45) is 1.91. The number of rotatable bonds is 6. The van der Waals surface area contributed by atoms with E-state index in [1.165, 1.54) is 18.3 Å². The van der Waals surface area contributed by atoms with Crippen LogP contribution in [0.3, 0.4) is 0 Å². The number of aromatic nitrogens is 2. The largest absolute Gasteiger partial charge is 0.350 e. The molecule has 0 aliphatic rings. The van der Waals surface area contributed by atoms with Crippen molar-refractivity contribution in [2.75, 3.05) is 11.9 Å². The van der Waals surface area contributed by atoms with Crippen molar-refractivity contribution in [3.05, 3.63) is 82.4 Å². The van der Waals surface area contributed by atoms with Gasteiger partial charge >= 0.3 is 0 Å². The van der Waals surface area contributed by atoms with E-state index in [0.29, 0.717) is 29.5 Å². The standard InChI is InChI=1S/C20H18ClFN4O/c1-13-12-15(21)6-7-17(13)25-20-24-11-9-18(26-20)19(27)23-10-8-14-4-2-3-5-16(14)22/h2-7,9,11-12H,8,10H2,1H3,(H,23,27)(H,24,25,26). The van der Waals surface area contributed by atoms with Crippen LogP contribution in [0, 0.1) is 12.7 Å². The molecule has 27 heavy (non-hydrogen) atoms. The SMILES string of the molecule is Cc1cc(Cl)ccc1Nc1nccc(C(=O)NCCc2ccccc2F)n1. The molecule has 0 saturated heterocycles. The molecule has 0 atom stereocenters. The van der Waals surface area contributed by atoms with Gasteiger partial charge in [0, 0.05) is 23.5 Å². The van der Waals surface area contributed by atoms with Crippen LogP contribution in [-0.2, 0) is 6.42 Å².